The van der Waals surface area contributed by atoms with Crippen molar-refractivity contribution in [2.75, 3.05) is 20.2 Å². The molecule has 0 aromatic carbocycles. The highest BCUT2D eigenvalue weighted by atomic mass is 79.9. The van der Waals surface area contributed by atoms with Crippen LogP contribution in [0.2, 0.25) is 5.15 Å². The molecule has 1 aliphatic heterocycles. The number of nitrogens with zero attached hydrogens (tertiary/aromatic N) is 2. The molecular weight excluding hydrogens is 291 g/mol. The monoisotopic (exact) mass is 304 g/mol. The van der Waals surface area contributed by atoms with E-state index in [0.29, 0.717) is 17.8 Å². The van der Waals surface area contributed by atoms with Crippen molar-refractivity contribution in [3.8, 4) is 5.75 Å². The normalized spacial score (nSPS) is 21.3. The van der Waals surface area contributed by atoms with E-state index < -0.39 is 0 Å². The lowest BCUT2D eigenvalue weighted by Crippen LogP contribution is -2.30. The highest BCUT2D eigenvalue weighted by Gasteiger charge is 2.21. The second-order valence-corrected chi connectivity index (χ2v) is 5.24. The highest BCUT2D eigenvalue weighted by molar-refractivity contribution is 9.10. The molecule has 88 valence electrons. The molecule has 1 aromatic rings. The van der Waals surface area contributed by atoms with Crippen LogP contribution in [-0.4, -0.2) is 36.1 Å². The summed E-state index contributed by atoms with van der Waals surface area (Å²) in [5.74, 6) is 0.761. The Morgan fingerprint density at radius 2 is 2.50 bits per heavy atom. The van der Waals surface area contributed by atoms with Gasteiger partial charge in [-0.25, -0.2) is 4.98 Å². The van der Waals surface area contributed by atoms with E-state index in [2.05, 4.69) is 32.9 Å². The van der Waals surface area contributed by atoms with Crippen molar-refractivity contribution < 1.29 is 4.74 Å². The van der Waals surface area contributed by atoms with Crippen LogP contribution >= 0.6 is 27.5 Å². The van der Waals surface area contributed by atoms with Crippen LogP contribution in [-0.2, 0) is 0 Å². The van der Waals surface area contributed by atoms with E-state index in [9.17, 15) is 0 Å². The fourth-order valence-corrected chi connectivity index (χ4v) is 2.30. The van der Waals surface area contributed by atoms with Crippen molar-refractivity contribution >= 4 is 27.5 Å². The molecule has 0 radical (unpaired) electrons. The number of hydrogen-bond donors (Lipinski definition) is 0. The molecule has 0 unspecified atom stereocenters. The molecule has 1 saturated heterocycles. The predicted molar refractivity (Wildman–Crippen MR) is 68.1 cm³/mol. The minimum Gasteiger partial charge on any atom is -0.490 e. The molecule has 3 nitrogen and oxygen atoms in total. The predicted octanol–water partition coefficient (Wildman–Crippen LogP) is 2.97. The van der Waals surface area contributed by atoms with Gasteiger partial charge in [0.25, 0.3) is 0 Å². The molecule has 2 heterocycles. The van der Waals surface area contributed by atoms with E-state index in [-0.39, 0.29) is 0 Å². The molecule has 1 aliphatic rings. The number of ether oxygens (including phenoxy) is 1. The third-order valence-electron chi connectivity index (χ3n) is 2.89. The Hall–Kier alpha value is -0.320. The molecule has 1 aromatic heterocycles. The van der Waals surface area contributed by atoms with Gasteiger partial charge in [-0.2, -0.15) is 0 Å². The average Bonchev–Trinajstić information content (AvgIpc) is 2.66. The van der Waals surface area contributed by atoms with Crippen LogP contribution in [0.5, 0.6) is 5.75 Å². The number of aromatic nitrogens is 1. The van der Waals surface area contributed by atoms with E-state index in [1.165, 1.54) is 12.8 Å². The Balaban J connectivity index is 1.91. The number of halogens is 2. The fraction of sp³-hybridized carbons (Fsp3) is 0.545. The zero-order chi connectivity index (χ0) is 11.5. The first kappa shape index (κ1) is 12.1. The second kappa shape index (κ2) is 5.34. The quantitative estimate of drug-likeness (QED) is 0.803. The Morgan fingerprint density at radius 3 is 3.12 bits per heavy atom. The molecule has 0 aliphatic carbocycles. The SMILES string of the molecule is CN1CCC[C@@H]1COc1cnc(Cl)c(Br)c1. The van der Waals surface area contributed by atoms with Crippen molar-refractivity contribution in [2.45, 2.75) is 18.9 Å². The summed E-state index contributed by atoms with van der Waals surface area (Å²) in [6.45, 7) is 1.88. The lowest BCUT2D eigenvalue weighted by atomic mass is 10.2. The lowest BCUT2D eigenvalue weighted by molar-refractivity contribution is 0.198. The third kappa shape index (κ3) is 2.87. The summed E-state index contributed by atoms with van der Waals surface area (Å²) in [5.41, 5.74) is 0. The Morgan fingerprint density at radius 1 is 1.69 bits per heavy atom. The summed E-state index contributed by atoms with van der Waals surface area (Å²) in [4.78, 5) is 6.35. The smallest absolute Gasteiger partial charge is 0.143 e. The minimum absolute atomic E-state index is 0.463. The molecule has 2 rings (SSSR count). The Labute approximate surface area is 109 Å². The van der Waals surface area contributed by atoms with E-state index >= 15 is 0 Å². The molecular formula is C11H14BrClN2O. The van der Waals surface area contributed by atoms with Gasteiger partial charge in [0.2, 0.25) is 0 Å². The second-order valence-electron chi connectivity index (χ2n) is 4.03. The van der Waals surface area contributed by atoms with Crippen molar-refractivity contribution in [3.05, 3.63) is 21.9 Å². The first-order valence-corrected chi connectivity index (χ1v) is 6.48. The number of hydrogen-bond acceptors (Lipinski definition) is 3. The van der Waals surface area contributed by atoms with Gasteiger partial charge in [0.15, 0.2) is 0 Å². The standard InChI is InChI=1S/C11H14BrClN2O/c1-15-4-2-3-8(15)7-16-9-5-10(12)11(13)14-6-9/h5-6,8H,2-4,7H2,1H3/t8-/m1/s1. The van der Waals surface area contributed by atoms with E-state index in [1.807, 2.05) is 6.07 Å². The van der Waals surface area contributed by atoms with Crippen molar-refractivity contribution in [3.63, 3.8) is 0 Å². The number of rotatable bonds is 3. The van der Waals surface area contributed by atoms with Crippen LogP contribution in [0.1, 0.15) is 12.8 Å². The molecule has 0 amide bonds. The summed E-state index contributed by atoms with van der Waals surface area (Å²) in [5, 5.41) is 0.463. The van der Waals surface area contributed by atoms with Crippen molar-refractivity contribution in [1.29, 1.82) is 0 Å². The summed E-state index contributed by atoms with van der Waals surface area (Å²) in [6.07, 6.45) is 4.12. The van der Waals surface area contributed by atoms with Crippen LogP contribution in [0.25, 0.3) is 0 Å². The van der Waals surface area contributed by atoms with Gasteiger partial charge in [0, 0.05) is 6.04 Å². The summed E-state index contributed by atoms with van der Waals surface area (Å²) >= 11 is 9.14. The van der Waals surface area contributed by atoms with E-state index in [4.69, 9.17) is 16.3 Å². The number of pyridine rings is 1. The maximum atomic E-state index is 5.81. The summed E-state index contributed by atoms with van der Waals surface area (Å²) in [6, 6.07) is 2.37. The third-order valence-corrected chi connectivity index (χ3v) is 4.02. The van der Waals surface area contributed by atoms with Gasteiger partial charge < -0.3 is 9.64 Å². The van der Waals surface area contributed by atoms with Crippen molar-refractivity contribution in [2.24, 2.45) is 0 Å². The molecule has 0 saturated carbocycles. The van der Waals surface area contributed by atoms with Gasteiger partial charge in [-0.3, -0.25) is 0 Å². The van der Waals surface area contributed by atoms with Crippen molar-refractivity contribution in [1.82, 2.24) is 9.88 Å². The molecule has 5 heteroatoms. The summed E-state index contributed by atoms with van der Waals surface area (Å²) in [7, 11) is 2.14. The molecule has 0 bridgehead atoms. The van der Waals surface area contributed by atoms with Crippen LogP contribution < -0.4 is 4.74 Å². The largest absolute Gasteiger partial charge is 0.490 e. The summed E-state index contributed by atoms with van der Waals surface area (Å²) < 4.78 is 6.47. The Kier molecular flexibility index (Phi) is 4.05. The molecule has 1 fully saturated rings. The maximum Gasteiger partial charge on any atom is 0.143 e. The van der Waals surface area contributed by atoms with Gasteiger partial charge in [0.1, 0.15) is 17.5 Å². The average molecular weight is 306 g/mol. The first-order chi connectivity index (χ1) is 7.66. The zero-order valence-corrected chi connectivity index (χ0v) is 11.5. The van der Waals surface area contributed by atoms with Gasteiger partial charge >= 0.3 is 0 Å². The molecule has 0 N–H and O–H groups in total. The minimum atomic E-state index is 0.463. The van der Waals surface area contributed by atoms with Gasteiger partial charge in [-0.1, -0.05) is 11.6 Å². The maximum absolute atomic E-state index is 5.81. The topological polar surface area (TPSA) is 25.4 Å². The fourth-order valence-electron chi connectivity index (χ4n) is 1.86. The van der Waals surface area contributed by atoms with E-state index in [1.54, 1.807) is 6.20 Å². The zero-order valence-electron chi connectivity index (χ0n) is 9.12. The van der Waals surface area contributed by atoms with Crippen LogP contribution in [0, 0.1) is 0 Å². The van der Waals surface area contributed by atoms with Crippen LogP contribution in [0.15, 0.2) is 16.7 Å². The molecule has 1 atom stereocenters. The molecule has 16 heavy (non-hydrogen) atoms. The van der Waals surface area contributed by atoms with Gasteiger partial charge in [-0.15, -0.1) is 0 Å². The van der Waals surface area contributed by atoms with Gasteiger partial charge in [0.05, 0.1) is 10.7 Å². The van der Waals surface area contributed by atoms with Crippen LogP contribution in [0.3, 0.4) is 0 Å². The molecule has 0 spiro atoms. The van der Waals surface area contributed by atoms with Crippen LogP contribution in [0.4, 0.5) is 0 Å². The number of likely N-dealkylation sites (tertiary alicyclic amines) is 1. The highest BCUT2D eigenvalue weighted by Crippen LogP contribution is 2.25. The first-order valence-electron chi connectivity index (χ1n) is 5.31. The van der Waals surface area contributed by atoms with Gasteiger partial charge in [-0.05, 0) is 48.4 Å². The number of likely N-dealkylation sites (N-methyl/N-ethyl adjacent to an activating group) is 1. The Bertz CT molecular complexity index is 375. The lowest BCUT2D eigenvalue weighted by Gasteiger charge is -2.19. The van der Waals surface area contributed by atoms with E-state index in [0.717, 1.165) is 16.8 Å².